The van der Waals surface area contributed by atoms with Crippen LogP contribution < -0.4 is 16.0 Å². The van der Waals surface area contributed by atoms with Crippen LogP contribution in [0, 0.1) is 27.7 Å². The second-order valence-corrected chi connectivity index (χ2v) is 9.78. The molecular weight excluding hydrogens is 406 g/mol. The number of rotatable bonds is 4. The summed E-state index contributed by atoms with van der Waals surface area (Å²) in [6.07, 6.45) is 5.48. The van der Waals surface area contributed by atoms with Crippen molar-refractivity contribution in [1.29, 1.82) is 0 Å². The molecule has 0 aliphatic carbocycles. The van der Waals surface area contributed by atoms with Gasteiger partial charge in [-0.2, -0.15) is 0 Å². The molecule has 162 valence electrons. The molecule has 0 saturated carbocycles. The molecule has 31 heavy (non-hydrogen) atoms. The van der Waals surface area contributed by atoms with Crippen molar-refractivity contribution in [2.45, 2.75) is 46.6 Å². The van der Waals surface area contributed by atoms with Gasteiger partial charge in [0.15, 0.2) is 0 Å². The molecule has 0 atom stereocenters. The number of carbonyl (C=O) groups excluding carboxylic acids is 1. The lowest BCUT2D eigenvalue weighted by Gasteiger charge is -2.34. The van der Waals surface area contributed by atoms with Gasteiger partial charge >= 0.3 is 0 Å². The third-order valence-electron chi connectivity index (χ3n) is 5.67. The van der Waals surface area contributed by atoms with E-state index >= 15 is 0 Å². The normalized spacial score (nSPS) is 14.7. The molecule has 0 unspecified atom stereocenters. The molecule has 1 aliphatic heterocycles. The maximum absolute atomic E-state index is 13.1. The molecule has 3 heterocycles. The van der Waals surface area contributed by atoms with E-state index in [-0.39, 0.29) is 11.9 Å². The zero-order chi connectivity index (χ0) is 22.1. The SMILES string of the molecule is Cc1cc(C)cc(-c2cncc(NC(=O)c3nc(C)sc3C)c2N2CCC(N)CC2)c1. The topological polar surface area (TPSA) is 84.1 Å². The first-order valence-electron chi connectivity index (χ1n) is 10.6. The van der Waals surface area contributed by atoms with E-state index in [0.29, 0.717) is 11.4 Å². The number of piperidine rings is 1. The van der Waals surface area contributed by atoms with Gasteiger partial charge in [-0.25, -0.2) is 4.98 Å². The fourth-order valence-corrected chi connectivity index (χ4v) is 5.09. The second kappa shape index (κ2) is 8.77. The van der Waals surface area contributed by atoms with Crippen molar-refractivity contribution < 1.29 is 4.79 Å². The maximum atomic E-state index is 13.1. The molecule has 6 nitrogen and oxygen atoms in total. The number of anilines is 2. The maximum Gasteiger partial charge on any atom is 0.275 e. The molecule has 1 aliphatic rings. The van der Waals surface area contributed by atoms with E-state index in [0.717, 1.165) is 52.6 Å². The smallest absolute Gasteiger partial charge is 0.275 e. The highest BCUT2D eigenvalue weighted by Crippen LogP contribution is 2.38. The quantitative estimate of drug-likeness (QED) is 0.625. The average molecular weight is 436 g/mol. The van der Waals surface area contributed by atoms with Crippen molar-refractivity contribution >= 4 is 28.6 Å². The minimum Gasteiger partial charge on any atom is -0.369 e. The Kier molecular flexibility index (Phi) is 6.07. The Labute approximate surface area is 187 Å². The number of aryl methyl sites for hydroxylation is 4. The molecular formula is C24H29N5OS. The molecule has 1 saturated heterocycles. The van der Waals surface area contributed by atoms with Gasteiger partial charge in [-0.15, -0.1) is 11.3 Å². The lowest BCUT2D eigenvalue weighted by molar-refractivity contribution is 0.102. The molecule has 0 radical (unpaired) electrons. The van der Waals surface area contributed by atoms with Crippen molar-refractivity contribution in [3.63, 3.8) is 0 Å². The number of aromatic nitrogens is 2. The van der Waals surface area contributed by atoms with E-state index < -0.39 is 0 Å². The number of hydrogen-bond donors (Lipinski definition) is 2. The van der Waals surface area contributed by atoms with Crippen LogP contribution in [0.15, 0.2) is 30.6 Å². The molecule has 7 heteroatoms. The second-order valence-electron chi connectivity index (χ2n) is 8.38. The van der Waals surface area contributed by atoms with E-state index in [1.54, 1.807) is 6.20 Å². The number of thiazole rings is 1. The fourth-order valence-electron chi connectivity index (χ4n) is 4.27. The van der Waals surface area contributed by atoms with Crippen molar-refractivity contribution in [1.82, 2.24) is 9.97 Å². The number of pyridine rings is 1. The van der Waals surface area contributed by atoms with Gasteiger partial charge in [-0.3, -0.25) is 9.78 Å². The minimum atomic E-state index is -0.198. The Morgan fingerprint density at radius 1 is 1.10 bits per heavy atom. The van der Waals surface area contributed by atoms with Crippen LogP contribution >= 0.6 is 11.3 Å². The number of nitrogens with one attached hydrogen (secondary N) is 1. The summed E-state index contributed by atoms with van der Waals surface area (Å²) in [5.41, 5.74) is 12.9. The van der Waals surface area contributed by atoms with Crippen molar-refractivity contribution in [2.24, 2.45) is 5.73 Å². The summed E-state index contributed by atoms with van der Waals surface area (Å²) in [4.78, 5) is 25.2. The third-order valence-corrected chi connectivity index (χ3v) is 6.56. The lowest BCUT2D eigenvalue weighted by atomic mass is 9.98. The van der Waals surface area contributed by atoms with Gasteiger partial charge in [-0.05, 0) is 46.1 Å². The summed E-state index contributed by atoms with van der Waals surface area (Å²) in [6.45, 7) is 9.74. The van der Waals surface area contributed by atoms with Gasteiger partial charge in [-0.1, -0.05) is 29.3 Å². The zero-order valence-electron chi connectivity index (χ0n) is 18.5. The van der Waals surface area contributed by atoms with Gasteiger partial charge in [0.25, 0.3) is 5.91 Å². The van der Waals surface area contributed by atoms with Crippen LogP contribution in [0.1, 0.15) is 44.3 Å². The predicted octanol–water partition coefficient (Wildman–Crippen LogP) is 4.62. The van der Waals surface area contributed by atoms with Crippen LogP contribution in [-0.4, -0.2) is 35.0 Å². The molecule has 0 spiro atoms. The predicted molar refractivity (Wildman–Crippen MR) is 128 cm³/mol. The molecule has 0 bridgehead atoms. The highest BCUT2D eigenvalue weighted by Gasteiger charge is 2.24. The van der Waals surface area contributed by atoms with Crippen LogP contribution in [0.4, 0.5) is 11.4 Å². The summed E-state index contributed by atoms with van der Waals surface area (Å²) >= 11 is 1.53. The molecule has 3 N–H and O–H groups in total. The standard InChI is InChI=1S/C24H29N5OS/c1-14-9-15(2)11-18(10-14)20-12-26-13-21(23(20)29-7-5-19(25)6-8-29)28-24(30)22-16(3)31-17(4)27-22/h9-13,19H,5-8,25H2,1-4H3,(H,28,30). The Morgan fingerprint density at radius 3 is 2.39 bits per heavy atom. The summed E-state index contributed by atoms with van der Waals surface area (Å²) in [6, 6.07) is 6.72. The first-order chi connectivity index (χ1) is 14.8. The van der Waals surface area contributed by atoms with Crippen LogP contribution in [0.2, 0.25) is 0 Å². The van der Waals surface area contributed by atoms with Crippen LogP contribution in [0.5, 0.6) is 0 Å². The number of nitrogens with two attached hydrogens (primary N) is 1. The Balaban J connectivity index is 1.79. The van der Waals surface area contributed by atoms with Crippen LogP contribution in [-0.2, 0) is 0 Å². The third kappa shape index (κ3) is 4.62. The van der Waals surface area contributed by atoms with Crippen LogP contribution in [0.3, 0.4) is 0 Å². The van der Waals surface area contributed by atoms with Gasteiger partial charge in [0.2, 0.25) is 0 Å². The summed E-state index contributed by atoms with van der Waals surface area (Å²) in [7, 11) is 0. The molecule has 1 fully saturated rings. The Bertz CT molecular complexity index is 1090. The highest BCUT2D eigenvalue weighted by molar-refractivity contribution is 7.11. The number of benzene rings is 1. The molecule has 4 rings (SSSR count). The van der Waals surface area contributed by atoms with Gasteiger partial charge in [0.05, 0.1) is 22.6 Å². The summed E-state index contributed by atoms with van der Waals surface area (Å²) in [5.74, 6) is -0.198. The van der Waals surface area contributed by atoms with Gasteiger partial charge in [0.1, 0.15) is 5.69 Å². The highest BCUT2D eigenvalue weighted by atomic mass is 32.1. The van der Waals surface area contributed by atoms with Crippen molar-refractivity contribution in [3.05, 3.63) is 57.3 Å². The number of amides is 1. The number of carbonyl (C=O) groups is 1. The molecule has 2 aromatic heterocycles. The first kappa shape index (κ1) is 21.5. The fraction of sp³-hybridized carbons (Fsp3) is 0.375. The van der Waals surface area contributed by atoms with Crippen LogP contribution in [0.25, 0.3) is 11.1 Å². The van der Waals surface area contributed by atoms with Crippen molar-refractivity contribution in [3.8, 4) is 11.1 Å². The zero-order valence-corrected chi connectivity index (χ0v) is 19.3. The average Bonchev–Trinajstić information content (AvgIpc) is 3.06. The van der Waals surface area contributed by atoms with E-state index in [4.69, 9.17) is 5.73 Å². The molecule has 1 aromatic carbocycles. The Morgan fingerprint density at radius 2 is 1.77 bits per heavy atom. The van der Waals surface area contributed by atoms with Crippen molar-refractivity contribution in [2.75, 3.05) is 23.3 Å². The number of nitrogens with zero attached hydrogens (tertiary/aromatic N) is 3. The number of hydrogen-bond acceptors (Lipinski definition) is 6. The van der Waals surface area contributed by atoms with Gasteiger partial charge in [0, 0.05) is 35.8 Å². The monoisotopic (exact) mass is 435 g/mol. The van der Waals surface area contributed by atoms with E-state index in [2.05, 4.69) is 52.2 Å². The molecule has 3 aromatic rings. The van der Waals surface area contributed by atoms with E-state index in [1.807, 2.05) is 20.0 Å². The summed E-state index contributed by atoms with van der Waals surface area (Å²) < 4.78 is 0. The Hall–Kier alpha value is -2.77. The molecule has 1 amide bonds. The van der Waals surface area contributed by atoms with E-state index in [1.165, 1.54) is 22.5 Å². The first-order valence-corrected chi connectivity index (χ1v) is 11.5. The largest absolute Gasteiger partial charge is 0.369 e. The van der Waals surface area contributed by atoms with E-state index in [9.17, 15) is 4.79 Å². The summed E-state index contributed by atoms with van der Waals surface area (Å²) in [5, 5.41) is 3.98. The van der Waals surface area contributed by atoms with Gasteiger partial charge < -0.3 is 16.0 Å². The minimum absolute atomic E-state index is 0.198. The lowest BCUT2D eigenvalue weighted by Crippen LogP contribution is -2.40.